The topological polar surface area (TPSA) is 20.3 Å². The van der Waals surface area contributed by atoms with E-state index in [1.165, 1.54) is 12.1 Å². The number of amides is 1. The summed E-state index contributed by atoms with van der Waals surface area (Å²) in [5.74, 6) is -0.149. The van der Waals surface area contributed by atoms with Gasteiger partial charge in [0.05, 0.1) is 5.56 Å². The Bertz CT molecular complexity index is 735. The van der Waals surface area contributed by atoms with Gasteiger partial charge in [-0.15, -0.1) is 0 Å². The molecule has 2 nitrogen and oxygen atoms in total. The fourth-order valence-corrected chi connectivity index (χ4v) is 2.90. The number of hydrogen-bond donors (Lipinski definition) is 0. The molecular weight excluding hydrogens is 315 g/mol. The summed E-state index contributed by atoms with van der Waals surface area (Å²) in [5.41, 5.74) is 2.07. The van der Waals surface area contributed by atoms with E-state index in [4.69, 9.17) is 0 Å². The van der Waals surface area contributed by atoms with Gasteiger partial charge in [0.2, 0.25) is 5.91 Å². The van der Waals surface area contributed by atoms with Gasteiger partial charge in [-0.3, -0.25) is 4.79 Å². The van der Waals surface area contributed by atoms with Gasteiger partial charge in [0.25, 0.3) is 0 Å². The van der Waals surface area contributed by atoms with E-state index in [1.54, 1.807) is 11.9 Å². The van der Waals surface area contributed by atoms with E-state index in [1.807, 2.05) is 31.2 Å². The van der Waals surface area contributed by atoms with Crippen molar-refractivity contribution >= 4 is 11.6 Å². The predicted octanol–water partition coefficient (Wildman–Crippen LogP) is 4.78. The molecule has 0 aromatic heterocycles. The molecule has 0 bridgehead atoms. The third-order valence-electron chi connectivity index (χ3n) is 4.53. The maximum atomic E-state index is 12.6. The van der Waals surface area contributed by atoms with Crippen molar-refractivity contribution in [3.63, 3.8) is 0 Å². The van der Waals surface area contributed by atoms with Crippen LogP contribution in [0.4, 0.5) is 18.9 Å². The molecule has 3 rings (SSSR count). The van der Waals surface area contributed by atoms with Crippen LogP contribution in [0.1, 0.15) is 29.0 Å². The van der Waals surface area contributed by atoms with Crippen LogP contribution >= 0.6 is 0 Å². The smallest absolute Gasteiger partial charge is 0.315 e. The Kier molecular flexibility index (Phi) is 4.11. The quantitative estimate of drug-likeness (QED) is 0.791. The largest absolute Gasteiger partial charge is 0.416 e. The van der Waals surface area contributed by atoms with Gasteiger partial charge in [-0.05, 0) is 49.1 Å². The Morgan fingerprint density at radius 3 is 2.17 bits per heavy atom. The number of halogens is 3. The second-order valence-electron chi connectivity index (χ2n) is 6.30. The summed E-state index contributed by atoms with van der Waals surface area (Å²) in [4.78, 5) is 14.2. The van der Waals surface area contributed by atoms with Crippen LogP contribution in [0.5, 0.6) is 0 Å². The maximum absolute atomic E-state index is 12.6. The van der Waals surface area contributed by atoms with Gasteiger partial charge in [-0.2, -0.15) is 13.2 Å². The van der Waals surface area contributed by atoms with Crippen LogP contribution in [0.25, 0.3) is 0 Å². The molecule has 2 aromatic rings. The molecule has 1 fully saturated rings. The fraction of sp³-hybridized carbons (Fsp3) is 0.316. The van der Waals surface area contributed by atoms with Gasteiger partial charge in [0.15, 0.2) is 0 Å². The van der Waals surface area contributed by atoms with Crippen LogP contribution in [-0.2, 0) is 11.0 Å². The lowest BCUT2D eigenvalue weighted by molar-refractivity contribution is -0.137. The Balaban J connectivity index is 1.68. The van der Waals surface area contributed by atoms with Crippen molar-refractivity contribution in [2.75, 3.05) is 11.9 Å². The zero-order valence-electron chi connectivity index (χ0n) is 13.5. The van der Waals surface area contributed by atoms with Gasteiger partial charge in [-0.25, -0.2) is 0 Å². The van der Waals surface area contributed by atoms with E-state index in [9.17, 15) is 18.0 Å². The fourth-order valence-electron chi connectivity index (χ4n) is 2.90. The van der Waals surface area contributed by atoms with Gasteiger partial charge in [0.1, 0.15) is 0 Å². The van der Waals surface area contributed by atoms with Crippen molar-refractivity contribution in [3.8, 4) is 0 Å². The Morgan fingerprint density at radius 2 is 1.62 bits per heavy atom. The third-order valence-corrected chi connectivity index (χ3v) is 4.53. The minimum absolute atomic E-state index is 0.00347. The van der Waals surface area contributed by atoms with Crippen molar-refractivity contribution in [2.24, 2.45) is 5.92 Å². The lowest BCUT2D eigenvalue weighted by Crippen LogP contribution is -2.28. The Morgan fingerprint density at radius 1 is 1.04 bits per heavy atom. The number of anilines is 1. The van der Waals surface area contributed by atoms with Crippen LogP contribution in [0.15, 0.2) is 48.5 Å². The molecule has 1 saturated carbocycles. The first-order valence-electron chi connectivity index (χ1n) is 7.79. The first-order valence-corrected chi connectivity index (χ1v) is 7.79. The molecular formula is C19H18F3NO. The molecule has 2 unspecified atom stereocenters. The number of nitrogens with zero attached hydrogens (tertiary/aromatic N) is 1. The lowest BCUT2D eigenvalue weighted by atomic mass is 10.1. The summed E-state index contributed by atoms with van der Waals surface area (Å²) in [7, 11) is 1.73. The van der Waals surface area contributed by atoms with E-state index in [0.29, 0.717) is 6.42 Å². The third kappa shape index (κ3) is 3.30. The number of benzene rings is 2. The highest BCUT2D eigenvalue weighted by molar-refractivity contribution is 5.97. The van der Waals surface area contributed by atoms with Gasteiger partial charge in [0, 0.05) is 18.7 Å². The minimum atomic E-state index is -4.33. The number of rotatable bonds is 3. The predicted molar refractivity (Wildman–Crippen MR) is 86.9 cm³/mol. The summed E-state index contributed by atoms with van der Waals surface area (Å²) in [6.45, 7) is 1.98. The molecule has 1 amide bonds. The van der Waals surface area contributed by atoms with Crippen LogP contribution in [0, 0.1) is 12.8 Å². The summed E-state index contributed by atoms with van der Waals surface area (Å²) >= 11 is 0. The van der Waals surface area contributed by atoms with E-state index in [0.717, 1.165) is 28.9 Å². The van der Waals surface area contributed by atoms with Gasteiger partial charge < -0.3 is 4.90 Å². The van der Waals surface area contributed by atoms with Crippen LogP contribution < -0.4 is 4.90 Å². The van der Waals surface area contributed by atoms with Crippen molar-refractivity contribution in [3.05, 3.63) is 65.2 Å². The summed E-state index contributed by atoms with van der Waals surface area (Å²) in [6.07, 6.45) is -3.65. The molecule has 0 radical (unpaired) electrons. The minimum Gasteiger partial charge on any atom is -0.315 e. The SMILES string of the molecule is Cc1ccc(N(C)C(=O)C2CC2c2ccc(C(F)(F)F)cc2)cc1. The van der Waals surface area contributed by atoms with Crippen LogP contribution in [-0.4, -0.2) is 13.0 Å². The first kappa shape index (κ1) is 16.6. The maximum Gasteiger partial charge on any atom is 0.416 e. The molecule has 24 heavy (non-hydrogen) atoms. The molecule has 0 aliphatic heterocycles. The highest BCUT2D eigenvalue weighted by Gasteiger charge is 2.45. The molecule has 126 valence electrons. The molecule has 5 heteroatoms. The lowest BCUT2D eigenvalue weighted by Gasteiger charge is -2.17. The first-order chi connectivity index (χ1) is 11.3. The van der Waals surface area contributed by atoms with Crippen LogP contribution in [0.3, 0.4) is 0 Å². The molecule has 0 N–H and O–H groups in total. The van der Waals surface area contributed by atoms with E-state index < -0.39 is 11.7 Å². The molecule has 0 heterocycles. The van der Waals surface area contributed by atoms with Crippen molar-refractivity contribution in [1.29, 1.82) is 0 Å². The number of alkyl halides is 3. The number of carbonyl (C=O) groups excluding carboxylic acids is 1. The van der Waals surface area contributed by atoms with Crippen molar-refractivity contribution < 1.29 is 18.0 Å². The van der Waals surface area contributed by atoms with E-state index in [-0.39, 0.29) is 17.7 Å². The summed E-state index contributed by atoms with van der Waals surface area (Å²) < 4.78 is 37.8. The molecule has 2 aromatic carbocycles. The molecule has 0 spiro atoms. The molecule has 0 saturated heterocycles. The molecule has 1 aliphatic carbocycles. The number of carbonyl (C=O) groups is 1. The average Bonchev–Trinajstić information content (AvgIpc) is 3.34. The zero-order valence-corrected chi connectivity index (χ0v) is 13.5. The second-order valence-corrected chi connectivity index (χ2v) is 6.30. The van der Waals surface area contributed by atoms with Gasteiger partial charge >= 0.3 is 6.18 Å². The monoisotopic (exact) mass is 333 g/mol. The number of hydrogen-bond acceptors (Lipinski definition) is 1. The normalized spacial score (nSPS) is 19.9. The van der Waals surface area contributed by atoms with Crippen molar-refractivity contribution in [1.82, 2.24) is 0 Å². The summed E-state index contributed by atoms with van der Waals surface area (Å²) in [5, 5.41) is 0. The molecule has 2 atom stereocenters. The van der Waals surface area contributed by atoms with E-state index in [2.05, 4.69) is 0 Å². The van der Waals surface area contributed by atoms with Gasteiger partial charge in [-0.1, -0.05) is 29.8 Å². The summed E-state index contributed by atoms with van der Waals surface area (Å²) in [6, 6.07) is 12.8. The Hall–Kier alpha value is -2.30. The van der Waals surface area contributed by atoms with Crippen molar-refractivity contribution in [2.45, 2.75) is 25.4 Å². The average molecular weight is 333 g/mol. The standard InChI is InChI=1S/C19H18F3NO/c1-12-3-9-15(10-4-12)23(2)18(24)17-11-16(17)13-5-7-14(8-6-13)19(20,21)22/h3-10,16-17H,11H2,1-2H3. The Labute approximate surface area is 138 Å². The number of aryl methyl sites for hydroxylation is 1. The van der Waals surface area contributed by atoms with Crippen LogP contribution in [0.2, 0.25) is 0 Å². The second kappa shape index (κ2) is 5.96. The highest BCUT2D eigenvalue weighted by atomic mass is 19.4. The zero-order chi connectivity index (χ0) is 17.5. The molecule has 1 aliphatic rings. The van der Waals surface area contributed by atoms with E-state index >= 15 is 0 Å². The highest BCUT2D eigenvalue weighted by Crippen LogP contribution is 2.49.